The van der Waals surface area contributed by atoms with Crippen molar-refractivity contribution in [2.45, 2.75) is 27.3 Å². The molecule has 0 radical (unpaired) electrons. The number of halogens is 1. The largest absolute Gasteiger partial charge is 0.456 e. The van der Waals surface area contributed by atoms with Gasteiger partial charge in [0.05, 0.1) is 4.47 Å². The Balaban J connectivity index is 2.39. The van der Waals surface area contributed by atoms with E-state index in [9.17, 15) is 0 Å². The Morgan fingerprint density at radius 2 is 1.74 bits per heavy atom. The number of rotatable bonds is 3. The first-order chi connectivity index (χ1) is 9.02. The van der Waals surface area contributed by atoms with E-state index >= 15 is 0 Å². The van der Waals surface area contributed by atoms with Crippen LogP contribution in [0.25, 0.3) is 0 Å². The normalized spacial score (nSPS) is 10.6. The molecule has 2 nitrogen and oxygen atoms in total. The lowest BCUT2D eigenvalue weighted by atomic mass is 10.1. The van der Waals surface area contributed by atoms with Crippen molar-refractivity contribution in [1.82, 2.24) is 0 Å². The molecule has 0 atom stereocenters. The summed E-state index contributed by atoms with van der Waals surface area (Å²) >= 11 is 3.53. The molecule has 3 heteroatoms. The van der Waals surface area contributed by atoms with Crippen molar-refractivity contribution in [3.8, 4) is 11.5 Å². The summed E-state index contributed by atoms with van der Waals surface area (Å²) in [6, 6.07) is 10.1. The average molecular weight is 320 g/mol. The standard InChI is InChI=1S/C16H18BrNO/c1-10-4-5-11(2)16(12(10)3)19-15-7-6-13(9-18)8-14(15)17/h4-8H,9,18H2,1-3H3. The van der Waals surface area contributed by atoms with Gasteiger partial charge in [0.2, 0.25) is 0 Å². The Hall–Kier alpha value is -1.32. The van der Waals surface area contributed by atoms with Crippen LogP contribution in [0.3, 0.4) is 0 Å². The maximum absolute atomic E-state index is 6.06. The first-order valence-electron chi connectivity index (χ1n) is 6.26. The highest BCUT2D eigenvalue weighted by Crippen LogP contribution is 2.34. The molecule has 0 saturated heterocycles. The summed E-state index contributed by atoms with van der Waals surface area (Å²) in [6.45, 7) is 6.76. The molecule has 0 spiro atoms. The van der Waals surface area contributed by atoms with Gasteiger partial charge in [0.1, 0.15) is 11.5 Å². The molecule has 100 valence electrons. The lowest BCUT2D eigenvalue weighted by Crippen LogP contribution is -1.97. The number of hydrogen-bond acceptors (Lipinski definition) is 2. The van der Waals surface area contributed by atoms with Gasteiger partial charge >= 0.3 is 0 Å². The Kier molecular flexibility index (Phi) is 4.27. The van der Waals surface area contributed by atoms with Crippen LogP contribution in [0.15, 0.2) is 34.8 Å². The van der Waals surface area contributed by atoms with Crippen molar-refractivity contribution in [3.63, 3.8) is 0 Å². The van der Waals surface area contributed by atoms with Gasteiger partial charge in [-0.05, 0) is 71.1 Å². The van der Waals surface area contributed by atoms with Crippen molar-refractivity contribution in [1.29, 1.82) is 0 Å². The van der Waals surface area contributed by atoms with E-state index < -0.39 is 0 Å². The molecule has 2 N–H and O–H groups in total. The van der Waals surface area contributed by atoms with Crippen LogP contribution in [0.2, 0.25) is 0 Å². The predicted octanol–water partition coefficient (Wildman–Crippen LogP) is 4.63. The summed E-state index contributed by atoms with van der Waals surface area (Å²) in [4.78, 5) is 0. The van der Waals surface area contributed by atoms with Gasteiger partial charge in [-0.25, -0.2) is 0 Å². The molecule has 0 saturated carbocycles. The third-order valence-electron chi connectivity index (χ3n) is 3.32. The van der Waals surface area contributed by atoms with Gasteiger partial charge in [-0.15, -0.1) is 0 Å². The second-order valence-electron chi connectivity index (χ2n) is 4.72. The fourth-order valence-corrected chi connectivity index (χ4v) is 2.45. The molecule has 0 fully saturated rings. The van der Waals surface area contributed by atoms with E-state index in [2.05, 4.69) is 48.8 Å². The molecule has 2 rings (SSSR count). The van der Waals surface area contributed by atoms with Crippen LogP contribution in [0.1, 0.15) is 22.3 Å². The van der Waals surface area contributed by atoms with Gasteiger partial charge in [-0.2, -0.15) is 0 Å². The summed E-state index contributed by atoms with van der Waals surface area (Å²) in [5, 5.41) is 0. The molecule has 19 heavy (non-hydrogen) atoms. The molecule has 0 amide bonds. The first-order valence-corrected chi connectivity index (χ1v) is 7.05. The lowest BCUT2D eigenvalue weighted by Gasteiger charge is -2.15. The summed E-state index contributed by atoms with van der Waals surface area (Å²) in [5.41, 5.74) is 10.3. The fourth-order valence-electron chi connectivity index (χ4n) is 1.95. The van der Waals surface area contributed by atoms with Crippen LogP contribution in [0.4, 0.5) is 0 Å². The van der Waals surface area contributed by atoms with Crippen molar-refractivity contribution < 1.29 is 4.74 Å². The van der Waals surface area contributed by atoms with Crippen molar-refractivity contribution in [2.24, 2.45) is 5.73 Å². The number of benzene rings is 2. The highest BCUT2D eigenvalue weighted by atomic mass is 79.9. The zero-order valence-corrected chi connectivity index (χ0v) is 13.0. The summed E-state index contributed by atoms with van der Waals surface area (Å²) in [7, 11) is 0. The van der Waals surface area contributed by atoms with Crippen LogP contribution in [0, 0.1) is 20.8 Å². The molecule has 0 aromatic heterocycles. The molecular formula is C16H18BrNO. The number of hydrogen-bond donors (Lipinski definition) is 1. The van der Waals surface area contributed by atoms with Crippen LogP contribution in [0.5, 0.6) is 11.5 Å². The third-order valence-corrected chi connectivity index (χ3v) is 3.94. The molecule has 0 aliphatic heterocycles. The van der Waals surface area contributed by atoms with Gasteiger partial charge in [-0.3, -0.25) is 0 Å². The smallest absolute Gasteiger partial charge is 0.141 e. The molecule has 2 aromatic rings. The van der Waals surface area contributed by atoms with Gasteiger partial charge in [0.25, 0.3) is 0 Å². The maximum atomic E-state index is 6.06. The summed E-state index contributed by atoms with van der Waals surface area (Å²) < 4.78 is 6.99. The van der Waals surface area contributed by atoms with E-state index in [1.165, 1.54) is 11.1 Å². The average Bonchev–Trinajstić information content (AvgIpc) is 2.40. The highest BCUT2D eigenvalue weighted by Gasteiger charge is 2.10. The van der Waals surface area contributed by atoms with Gasteiger partial charge in [-0.1, -0.05) is 18.2 Å². The minimum absolute atomic E-state index is 0.529. The van der Waals surface area contributed by atoms with E-state index in [1.54, 1.807) is 0 Å². The number of ether oxygens (including phenoxy) is 1. The van der Waals surface area contributed by atoms with E-state index in [-0.39, 0.29) is 0 Å². The minimum atomic E-state index is 0.529. The Bertz CT molecular complexity index is 608. The minimum Gasteiger partial charge on any atom is -0.456 e. The van der Waals surface area contributed by atoms with Gasteiger partial charge in [0.15, 0.2) is 0 Å². The molecular weight excluding hydrogens is 302 g/mol. The Morgan fingerprint density at radius 1 is 1.05 bits per heavy atom. The van der Waals surface area contributed by atoms with E-state index in [0.29, 0.717) is 6.54 Å². The lowest BCUT2D eigenvalue weighted by molar-refractivity contribution is 0.471. The topological polar surface area (TPSA) is 35.2 Å². The second-order valence-corrected chi connectivity index (χ2v) is 5.58. The van der Waals surface area contributed by atoms with E-state index in [1.807, 2.05) is 18.2 Å². The fraction of sp³-hybridized carbons (Fsp3) is 0.250. The van der Waals surface area contributed by atoms with Crippen molar-refractivity contribution >= 4 is 15.9 Å². The zero-order valence-electron chi connectivity index (χ0n) is 11.5. The van der Waals surface area contributed by atoms with E-state index in [4.69, 9.17) is 10.5 Å². The molecule has 0 aliphatic carbocycles. The quantitative estimate of drug-likeness (QED) is 0.895. The van der Waals surface area contributed by atoms with Crippen LogP contribution in [-0.2, 0) is 6.54 Å². The molecule has 0 bridgehead atoms. The number of aryl methyl sites for hydroxylation is 2. The molecule has 0 unspecified atom stereocenters. The Labute approximate surface area is 122 Å². The first kappa shape index (κ1) is 14.1. The Morgan fingerprint density at radius 3 is 2.37 bits per heavy atom. The molecule has 0 aliphatic rings. The molecule has 0 heterocycles. The molecule has 2 aromatic carbocycles. The van der Waals surface area contributed by atoms with Crippen LogP contribution in [-0.4, -0.2) is 0 Å². The predicted molar refractivity (Wildman–Crippen MR) is 82.8 cm³/mol. The van der Waals surface area contributed by atoms with Crippen molar-refractivity contribution in [2.75, 3.05) is 0 Å². The summed E-state index contributed by atoms with van der Waals surface area (Å²) in [5.74, 6) is 1.75. The maximum Gasteiger partial charge on any atom is 0.141 e. The van der Waals surface area contributed by atoms with Crippen molar-refractivity contribution in [3.05, 3.63) is 57.1 Å². The number of nitrogens with two attached hydrogens (primary N) is 1. The third kappa shape index (κ3) is 2.99. The van der Waals surface area contributed by atoms with Crippen LogP contribution >= 0.6 is 15.9 Å². The van der Waals surface area contributed by atoms with E-state index in [0.717, 1.165) is 27.1 Å². The van der Waals surface area contributed by atoms with Gasteiger partial charge in [0, 0.05) is 6.54 Å². The highest BCUT2D eigenvalue weighted by molar-refractivity contribution is 9.10. The van der Waals surface area contributed by atoms with Gasteiger partial charge < -0.3 is 10.5 Å². The van der Waals surface area contributed by atoms with Crippen LogP contribution < -0.4 is 10.5 Å². The second kappa shape index (κ2) is 5.76. The SMILES string of the molecule is Cc1ccc(C)c(Oc2ccc(CN)cc2Br)c1C. The summed E-state index contributed by atoms with van der Waals surface area (Å²) in [6.07, 6.45) is 0. The zero-order chi connectivity index (χ0) is 14.0. The monoisotopic (exact) mass is 319 g/mol.